The maximum Gasteiger partial charge on any atom is 0.269 e. The summed E-state index contributed by atoms with van der Waals surface area (Å²) in [5.41, 5.74) is 0.628. The van der Waals surface area contributed by atoms with E-state index in [1.165, 1.54) is 12.1 Å². The van der Waals surface area contributed by atoms with Gasteiger partial charge in [0.05, 0.1) is 11.5 Å². The summed E-state index contributed by atoms with van der Waals surface area (Å²) >= 11 is 0. The lowest BCUT2D eigenvalue weighted by Gasteiger charge is -2.54. The Morgan fingerprint density at radius 2 is 1.60 bits per heavy atom. The highest BCUT2D eigenvalue weighted by Gasteiger charge is 2.75. The van der Waals surface area contributed by atoms with Gasteiger partial charge in [0.1, 0.15) is 6.04 Å². The van der Waals surface area contributed by atoms with Crippen molar-refractivity contribution in [3.8, 4) is 0 Å². The molecule has 6 rings (SSSR count). The summed E-state index contributed by atoms with van der Waals surface area (Å²) < 4.78 is 12.2. The highest BCUT2D eigenvalue weighted by Crippen LogP contribution is 2.55. The third-order valence-corrected chi connectivity index (χ3v) is 6.80. The van der Waals surface area contributed by atoms with Crippen molar-refractivity contribution in [2.45, 2.75) is 30.6 Å². The van der Waals surface area contributed by atoms with Crippen LogP contribution < -0.4 is 4.90 Å². The average Bonchev–Trinajstić information content (AvgIpc) is 3.23. The molecule has 35 heavy (non-hydrogen) atoms. The Balaban J connectivity index is 1.38. The molecule has 3 aliphatic heterocycles. The average molecular weight is 471 g/mol. The minimum absolute atomic E-state index is 0.0628. The molecule has 9 heteroatoms. The molecule has 3 aromatic rings. The highest BCUT2D eigenvalue weighted by atomic mass is 16.8. The summed E-state index contributed by atoms with van der Waals surface area (Å²) in [6.45, 7) is 0.589. The molecule has 0 aromatic heterocycles. The molecule has 3 aliphatic rings. The van der Waals surface area contributed by atoms with Gasteiger partial charge in [0, 0.05) is 24.4 Å². The number of non-ortho nitro benzene ring substituents is 1. The molecule has 3 saturated heterocycles. The number of hydrogen-bond acceptors (Lipinski definition) is 6. The van der Waals surface area contributed by atoms with E-state index in [2.05, 4.69) is 0 Å². The van der Waals surface area contributed by atoms with Crippen molar-refractivity contribution in [3.63, 3.8) is 0 Å². The second-order valence-corrected chi connectivity index (χ2v) is 8.82. The molecule has 3 fully saturated rings. The van der Waals surface area contributed by atoms with Gasteiger partial charge in [-0.3, -0.25) is 24.6 Å². The number of carbonyl (C=O) groups excluding carboxylic acids is 2. The van der Waals surface area contributed by atoms with Crippen LogP contribution in [0.15, 0.2) is 84.9 Å². The molecule has 4 atom stereocenters. The van der Waals surface area contributed by atoms with Gasteiger partial charge in [-0.25, -0.2) is 0 Å². The number of benzene rings is 3. The smallest absolute Gasteiger partial charge is 0.269 e. The van der Waals surface area contributed by atoms with Crippen molar-refractivity contribution in [2.24, 2.45) is 0 Å². The van der Waals surface area contributed by atoms with E-state index in [-0.39, 0.29) is 24.0 Å². The van der Waals surface area contributed by atoms with E-state index in [1.807, 2.05) is 48.5 Å². The molecule has 0 saturated carbocycles. The van der Waals surface area contributed by atoms with Crippen LogP contribution in [0.3, 0.4) is 0 Å². The van der Waals surface area contributed by atoms with E-state index in [9.17, 15) is 19.7 Å². The van der Waals surface area contributed by atoms with E-state index < -0.39 is 29.0 Å². The summed E-state index contributed by atoms with van der Waals surface area (Å²) in [5.74, 6) is -0.676. The van der Waals surface area contributed by atoms with Crippen LogP contribution in [0.25, 0.3) is 0 Å². The quantitative estimate of drug-likeness (QED) is 0.322. The van der Waals surface area contributed by atoms with Gasteiger partial charge in [0.15, 0.2) is 12.4 Å². The zero-order valence-electron chi connectivity index (χ0n) is 18.5. The predicted molar refractivity (Wildman–Crippen MR) is 124 cm³/mol. The van der Waals surface area contributed by atoms with Crippen molar-refractivity contribution in [1.29, 1.82) is 0 Å². The summed E-state index contributed by atoms with van der Waals surface area (Å²) in [7, 11) is 0. The molecular formula is C26H21N3O6. The van der Waals surface area contributed by atoms with E-state index in [1.54, 1.807) is 34.1 Å². The van der Waals surface area contributed by atoms with Gasteiger partial charge in [-0.05, 0) is 35.4 Å². The van der Waals surface area contributed by atoms with Crippen molar-refractivity contribution in [3.05, 3.63) is 106 Å². The van der Waals surface area contributed by atoms with Crippen molar-refractivity contribution in [2.75, 3.05) is 11.4 Å². The molecule has 0 N–H and O–H groups in total. The van der Waals surface area contributed by atoms with Crippen LogP contribution in [-0.4, -0.2) is 46.2 Å². The number of nitrogens with zero attached hydrogens (tertiary/aromatic N) is 3. The summed E-state index contributed by atoms with van der Waals surface area (Å²) in [6.07, 6.45) is -1.86. The molecule has 3 aromatic carbocycles. The first-order valence-electron chi connectivity index (χ1n) is 11.3. The number of nitro groups is 1. The Hall–Kier alpha value is -4.08. The highest BCUT2D eigenvalue weighted by molar-refractivity contribution is 6.12. The second-order valence-electron chi connectivity index (χ2n) is 8.82. The zero-order valence-corrected chi connectivity index (χ0v) is 18.5. The van der Waals surface area contributed by atoms with Crippen molar-refractivity contribution < 1.29 is 24.0 Å². The lowest BCUT2D eigenvalue weighted by atomic mass is 9.73. The van der Waals surface area contributed by atoms with Crippen LogP contribution in [0.1, 0.15) is 17.2 Å². The summed E-state index contributed by atoms with van der Waals surface area (Å²) in [5, 5.41) is 11.2. The monoisotopic (exact) mass is 471 g/mol. The van der Waals surface area contributed by atoms with Crippen LogP contribution in [-0.2, 0) is 25.6 Å². The number of rotatable bonds is 5. The lowest BCUT2D eigenvalue weighted by Crippen LogP contribution is -2.74. The van der Waals surface area contributed by atoms with Crippen LogP contribution in [0.5, 0.6) is 0 Å². The van der Waals surface area contributed by atoms with Gasteiger partial charge in [-0.1, -0.05) is 48.5 Å². The second kappa shape index (κ2) is 8.00. The van der Waals surface area contributed by atoms with Gasteiger partial charge < -0.3 is 14.4 Å². The molecule has 9 nitrogen and oxygen atoms in total. The minimum atomic E-state index is -1.54. The molecule has 1 spiro atoms. The normalized spacial score (nSPS) is 27.3. The number of hydrogen-bond donors (Lipinski definition) is 0. The van der Waals surface area contributed by atoms with Crippen LogP contribution in [0.2, 0.25) is 0 Å². The Kier molecular flexibility index (Phi) is 4.91. The fourth-order valence-corrected chi connectivity index (χ4v) is 5.21. The maximum atomic E-state index is 13.7. The molecular weight excluding hydrogens is 450 g/mol. The largest absolute Gasteiger partial charge is 0.334 e. The number of anilines is 1. The zero-order chi connectivity index (χ0) is 24.2. The Labute approximate surface area is 200 Å². The van der Waals surface area contributed by atoms with Crippen LogP contribution >= 0.6 is 0 Å². The molecule has 176 valence electrons. The molecule has 3 heterocycles. The van der Waals surface area contributed by atoms with E-state index in [0.717, 1.165) is 5.56 Å². The molecule has 0 radical (unpaired) electrons. The molecule has 2 bridgehead atoms. The fraction of sp³-hybridized carbons (Fsp3) is 0.231. The standard InChI is InChI=1S/C26H21N3O6/c30-24-23-26(35-21(34-23)16-27(24)15-17-7-3-1-4-8-17)22(18-11-13-20(14-12-18)29(32)33)28(25(26)31)19-9-5-2-6-10-19/h1-14,21-23H,15-16H2/t21-,22+,23-,26-/m0/s1. The van der Waals surface area contributed by atoms with Gasteiger partial charge in [0.2, 0.25) is 5.60 Å². The van der Waals surface area contributed by atoms with Crippen LogP contribution in [0.4, 0.5) is 11.4 Å². The third kappa shape index (κ3) is 3.23. The number of para-hydroxylation sites is 1. The van der Waals surface area contributed by atoms with Crippen molar-refractivity contribution >= 4 is 23.2 Å². The van der Waals surface area contributed by atoms with Gasteiger partial charge >= 0.3 is 0 Å². The Morgan fingerprint density at radius 1 is 0.943 bits per heavy atom. The number of nitro benzene ring substituents is 1. The van der Waals surface area contributed by atoms with Crippen LogP contribution in [0, 0.1) is 10.1 Å². The SMILES string of the molecule is O=C1[C@@H]2O[C@H](CN1Cc1ccccc1)O[C@]21C(=O)N(c2ccccc2)[C@@H]1c1ccc([N+](=O)[O-])cc1. The number of β-lactam (4-membered cyclic amide) rings is 1. The first-order valence-corrected chi connectivity index (χ1v) is 11.3. The number of ether oxygens (including phenoxy) is 2. The Morgan fingerprint density at radius 3 is 2.26 bits per heavy atom. The minimum Gasteiger partial charge on any atom is -0.334 e. The first kappa shape index (κ1) is 21.5. The van der Waals surface area contributed by atoms with Gasteiger partial charge in [-0.15, -0.1) is 0 Å². The number of amides is 2. The topological polar surface area (TPSA) is 102 Å². The fourth-order valence-electron chi connectivity index (χ4n) is 5.21. The number of fused-ring (bicyclic) bond motifs is 3. The molecule has 2 amide bonds. The number of carbonyl (C=O) groups is 2. The molecule has 0 aliphatic carbocycles. The van der Waals surface area contributed by atoms with Crippen molar-refractivity contribution in [1.82, 2.24) is 4.90 Å². The summed E-state index contributed by atoms with van der Waals surface area (Å²) in [4.78, 5) is 41.2. The lowest BCUT2D eigenvalue weighted by molar-refractivity contribution is -0.384. The predicted octanol–water partition coefficient (Wildman–Crippen LogP) is 3.21. The first-order chi connectivity index (χ1) is 17.0. The summed E-state index contributed by atoms with van der Waals surface area (Å²) in [6, 6.07) is 24.0. The maximum absolute atomic E-state index is 13.7. The molecule has 0 unspecified atom stereocenters. The van der Waals surface area contributed by atoms with E-state index >= 15 is 0 Å². The van der Waals surface area contributed by atoms with Gasteiger partial charge in [-0.2, -0.15) is 0 Å². The van der Waals surface area contributed by atoms with E-state index in [4.69, 9.17) is 9.47 Å². The Bertz CT molecular complexity index is 1300. The van der Waals surface area contributed by atoms with E-state index in [0.29, 0.717) is 17.8 Å². The third-order valence-electron chi connectivity index (χ3n) is 6.80. The van der Waals surface area contributed by atoms with Gasteiger partial charge in [0.25, 0.3) is 17.5 Å². The number of morpholine rings is 1.